The first-order chi connectivity index (χ1) is 14.5. The smallest absolute Gasteiger partial charge is 0.325 e. The lowest BCUT2D eigenvalue weighted by atomic mass is 9.84. The molecule has 1 spiro atoms. The number of aryl methyl sites for hydroxylation is 2. The molecular weight excluding hydrogens is 382 g/mol. The largest absolute Gasteiger partial charge is 0.493 e. The number of rotatable bonds is 5. The van der Waals surface area contributed by atoms with Crippen LogP contribution in [0.25, 0.3) is 0 Å². The Morgan fingerprint density at radius 2 is 1.80 bits per heavy atom. The van der Waals surface area contributed by atoms with Gasteiger partial charge in [0, 0.05) is 17.7 Å². The molecule has 7 nitrogen and oxygen atoms in total. The number of carbonyl (C=O) groups is 3. The highest BCUT2D eigenvalue weighted by Gasteiger charge is 2.55. The Kier molecular flexibility index (Phi) is 5.20. The maximum absolute atomic E-state index is 13.3. The highest BCUT2D eigenvalue weighted by atomic mass is 16.5. The second kappa shape index (κ2) is 7.82. The van der Waals surface area contributed by atoms with Gasteiger partial charge >= 0.3 is 6.03 Å². The molecule has 2 aliphatic rings. The molecule has 4 rings (SSSR count). The van der Waals surface area contributed by atoms with Gasteiger partial charge in [0.25, 0.3) is 5.91 Å². The Morgan fingerprint density at radius 3 is 2.50 bits per heavy atom. The number of hydrogen-bond donors (Lipinski definition) is 2. The van der Waals surface area contributed by atoms with E-state index in [9.17, 15) is 14.4 Å². The molecule has 0 radical (unpaired) electrons. The van der Waals surface area contributed by atoms with Gasteiger partial charge in [0.15, 0.2) is 5.54 Å². The van der Waals surface area contributed by atoms with Gasteiger partial charge in [-0.1, -0.05) is 50.2 Å². The van der Waals surface area contributed by atoms with Gasteiger partial charge in [-0.25, -0.2) is 4.79 Å². The molecule has 1 atom stereocenters. The van der Waals surface area contributed by atoms with E-state index < -0.39 is 23.4 Å². The maximum atomic E-state index is 13.3. The van der Waals surface area contributed by atoms with Crippen LogP contribution in [-0.2, 0) is 28.0 Å². The molecule has 0 aliphatic carbocycles. The molecule has 0 aromatic heterocycles. The summed E-state index contributed by atoms with van der Waals surface area (Å²) in [6.45, 7) is 4.02. The molecule has 2 heterocycles. The Balaban J connectivity index is 1.57. The summed E-state index contributed by atoms with van der Waals surface area (Å²) in [5.41, 5.74) is 2.26. The van der Waals surface area contributed by atoms with Gasteiger partial charge < -0.3 is 15.4 Å². The molecular formula is C23H25N3O4. The van der Waals surface area contributed by atoms with E-state index in [1.54, 1.807) is 18.2 Å². The van der Waals surface area contributed by atoms with Crippen LogP contribution in [-0.4, -0.2) is 35.9 Å². The van der Waals surface area contributed by atoms with E-state index in [1.807, 2.05) is 38.1 Å². The quantitative estimate of drug-likeness (QED) is 0.746. The fourth-order valence-corrected chi connectivity index (χ4v) is 4.24. The third kappa shape index (κ3) is 3.20. The molecule has 2 aromatic rings. The first-order valence-electron chi connectivity index (χ1n) is 10.3. The Morgan fingerprint density at radius 1 is 1.10 bits per heavy atom. The molecule has 0 saturated carbocycles. The Bertz CT molecular complexity index is 997. The molecule has 2 N–H and O–H groups in total. The number of imide groups is 1. The van der Waals surface area contributed by atoms with Crippen LogP contribution < -0.4 is 15.4 Å². The van der Waals surface area contributed by atoms with Crippen molar-refractivity contribution in [3.05, 3.63) is 59.2 Å². The van der Waals surface area contributed by atoms with Crippen LogP contribution in [0.3, 0.4) is 0 Å². The summed E-state index contributed by atoms with van der Waals surface area (Å²) in [7, 11) is 0. The summed E-state index contributed by atoms with van der Waals surface area (Å²) >= 11 is 0. The van der Waals surface area contributed by atoms with Crippen LogP contribution in [0.1, 0.15) is 37.0 Å². The van der Waals surface area contributed by atoms with Gasteiger partial charge in [-0.05, 0) is 30.0 Å². The van der Waals surface area contributed by atoms with Gasteiger partial charge in [0.1, 0.15) is 12.3 Å². The predicted octanol–water partition coefficient (Wildman–Crippen LogP) is 2.98. The average molecular weight is 407 g/mol. The van der Waals surface area contributed by atoms with Crippen molar-refractivity contribution in [2.24, 2.45) is 0 Å². The second-order valence-electron chi connectivity index (χ2n) is 7.53. The molecule has 7 heteroatoms. The number of hydrogen-bond acceptors (Lipinski definition) is 4. The van der Waals surface area contributed by atoms with E-state index >= 15 is 0 Å². The number of para-hydroxylation sites is 2. The third-order valence-electron chi connectivity index (χ3n) is 5.82. The van der Waals surface area contributed by atoms with E-state index in [0.29, 0.717) is 24.3 Å². The highest BCUT2D eigenvalue weighted by molar-refractivity contribution is 6.11. The van der Waals surface area contributed by atoms with Crippen molar-refractivity contribution in [3.63, 3.8) is 0 Å². The van der Waals surface area contributed by atoms with Crippen molar-refractivity contribution in [2.45, 2.75) is 38.6 Å². The Labute approximate surface area is 175 Å². The van der Waals surface area contributed by atoms with Gasteiger partial charge in [-0.3, -0.25) is 14.5 Å². The fourth-order valence-electron chi connectivity index (χ4n) is 4.24. The zero-order valence-electron chi connectivity index (χ0n) is 17.2. The normalized spacial score (nSPS) is 20.0. The first kappa shape index (κ1) is 19.9. The summed E-state index contributed by atoms with van der Waals surface area (Å²) in [4.78, 5) is 39.8. The number of benzene rings is 2. The Hall–Kier alpha value is -3.35. The van der Waals surface area contributed by atoms with Crippen LogP contribution in [0.15, 0.2) is 42.5 Å². The zero-order valence-corrected chi connectivity index (χ0v) is 17.2. The third-order valence-corrected chi connectivity index (χ3v) is 5.82. The predicted molar refractivity (Wildman–Crippen MR) is 112 cm³/mol. The number of anilines is 1. The standard InChI is InChI=1S/C23H25N3O4/c1-3-15-8-7-9-16(4-2)20(15)24-19(27)14-26-21(28)23(25-22(26)29)12-13-30-18-11-6-5-10-17(18)23/h5-11H,3-4,12-14H2,1-2H3,(H,24,27)(H,25,29). The summed E-state index contributed by atoms with van der Waals surface area (Å²) in [6.07, 6.45) is 1.87. The molecule has 1 saturated heterocycles. The monoisotopic (exact) mass is 407 g/mol. The number of carbonyl (C=O) groups excluding carboxylic acids is 3. The lowest BCUT2D eigenvalue weighted by Crippen LogP contribution is -2.48. The highest BCUT2D eigenvalue weighted by Crippen LogP contribution is 2.40. The maximum Gasteiger partial charge on any atom is 0.325 e. The van der Waals surface area contributed by atoms with Gasteiger partial charge in [0.05, 0.1) is 6.61 Å². The SMILES string of the molecule is CCc1cccc(CC)c1NC(=O)CN1C(=O)NC2(CCOc3ccccc32)C1=O. The van der Waals surface area contributed by atoms with E-state index in [1.165, 1.54) is 0 Å². The lowest BCUT2D eigenvalue weighted by Gasteiger charge is -2.33. The van der Waals surface area contributed by atoms with Crippen LogP contribution in [0.5, 0.6) is 5.75 Å². The van der Waals surface area contributed by atoms with E-state index in [0.717, 1.165) is 34.6 Å². The number of amides is 4. The molecule has 1 fully saturated rings. The van der Waals surface area contributed by atoms with Crippen molar-refractivity contribution < 1.29 is 19.1 Å². The minimum absolute atomic E-state index is 0.312. The fraction of sp³-hybridized carbons (Fsp3) is 0.348. The first-order valence-corrected chi connectivity index (χ1v) is 10.3. The second-order valence-corrected chi connectivity index (χ2v) is 7.53. The minimum Gasteiger partial charge on any atom is -0.493 e. The van der Waals surface area contributed by atoms with Gasteiger partial charge in [-0.15, -0.1) is 0 Å². The molecule has 0 bridgehead atoms. The number of ether oxygens (including phenoxy) is 1. The molecule has 2 aromatic carbocycles. The van der Waals surface area contributed by atoms with Gasteiger partial charge in [-0.2, -0.15) is 0 Å². The number of fused-ring (bicyclic) bond motifs is 2. The van der Waals surface area contributed by atoms with E-state index in [2.05, 4.69) is 10.6 Å². The van der Waals surface area contributed by atoms with E-state index in [4.69, 9.17) is 4.74 Å². The van der Waals surface area contributed by atoms with Crippen LogP contribution in [0.4, 0.5) is 10.5 Å². The summed E-state index contributed by atoms with van der Waals surface area (Å²) < 4.78 is 5.64. The number of urea groups is 1. The molecule has 4 amide bonds. The molecule has 1 unspecified atom stereocenters. The lowest BCUT2D eigenvalue weighted by molar-refractivity contribution is -0.135. The summed E-state index contributed by atoms with van der Waals surface area (Å²) in [5, 5.41) is 5.74. The number of nitrogens with zero attached hydrogens (tertiary/aromatic N) is 1. The van der Waals surface area contributed by atoms with E-state index in [-0.39, 0.29) is 6.54 Å². The summed E-state index contributed by atoms with van der Waals surface area (Å²) in [5.74, 6) is -0.238. The topological polar surface area (TPSA) is 87.7 Å². The van der Waals surface area contributed by atoms with Crippen LogP contribution in [0.2, 0.25) is 0 Å². The van der Waals surface area contributed by atoms with Crippen molar-refractivity contribution in [1.82, 2.24) is 10.2 Å². The van der Waals surface area contributed by atoms with Crippen molar-refractivity contribution >= 4 is 23.5 Å². The molecule has 30 heavy (non-hydrogen) atoms. The molecule has 156 valence electrons. The summed E-state index contributed by atoms with van der Waals surface area (Å²) in [6, 6.07) is 12.5. The van der Waals surface area contributed by atoms with Crippen molar-refractivity contribution in [3.8, 4) is 5.75 Å². The average Bonchev–Trinajstić information content (AvgIpc) is 2.99. The molecule has 2 aliphatic heterocycles. The minimum atomic E-state index is -1.18. The van der Waals surface area contributed by atoms with Gasteiger partial charge in [0.2, 0.25) is 5.91 Å². The zero-order chi connectivity index (χ0) is 21.3. The van der Waals surface area contributed by atoms with Crippen LogP contribution in [0, 0.1) is 0 Å². The van der Waals surface area contributed by atoms with Crippen molar-refractivity contribution in [1.29, 1.82) is 0 Å². The van der Waals surface area contributed by atoms with Crippen LogP contribution >= 0.6 is 0 Å². The number of nitrogens with one attached hydrogen (secondary N) is 2. The van der Waals surface area contributed by atoms with Crippen molar-refractivity contribution in [2.75, 3.05) is 18.5 Å².